The number of aryl methyl sites for hydroxylation is 1. The molecule has 3 rings (SSSR count). The van der Waals surface area contributed by atoms with E-state index in [-0.39, 0.29) is 36.6 Å². The number of amides is 3. The van der Waals surface area contributed by atoms with Gasteiger partial charge in [-0.25, -0.2) is 4.98 Å². The highest BCUT2D eigenvalue weighted by atomic mass is 32.2. The molecule has 1 aliphatic rings. The molecule has 0 saturated carbocycles. The summed E-state index contributed by atoms with van der Waals surface area (Å²) >= 11 is 3.99. The average Bonchev–Trinajstić information content (AvgIpc) is 3.16. The first kappa shape index (κ1) is 20.6. The van der Waals surface area contributed by atoms with E-state index in [4.69, 9.17) is 0 Å². The van der Waals surface area contributed by atoms with Crippen molar-refractivity contribution in [2.45, 2.75) is 17.7 Å². The predicted molar refractivity (Wildman–Crippen MR) is 114 cm³/mol. The lowest BCUT2D eigenvalue weighted by atomic mass is 10.2. The molecule has 2 aromatic rings. The highest BCUT2D eigenvalue weighted by Crippen LogP contribution is 2.31. The van der Waals surface area contributed by atoms with Gasteiger partial charge in [-0.2, -0.15) is 0 Å². The van der Waals surface area contributed by atoms with Gasteiger partial charge in [-0.1, -0.05) is 42.1 Å². The summed E-state index contributed by atoms with van der Waals surface area (Å²) in [5.74, 6) is -0.470. The molecule has 1 aromatic heterocycles. The highest BCUT2D eigenvalue weighted by Gasteiger charge is 2.34. The van der Waals surface area contributed by atoms with E-state index >= 15 is 0 Å². The Labute approximate surface area is 175 Å². The van der Waals surface area contributed by atoms with Crippen molar-refractivity contribution in [3.05, 3.63) is 51.4 Å². The lowest BCUT2D eigenvalue weighted by Gasteiger charge is -2.12. The first-order valence-corrected chi connectivity index (χ1v) is 11.4. The molecule has 0 unspecified atom stereocenters. The van der Waals surface area contributed by atoms with Gasteiger partial charge in [-0.15, -0.1) is 11.3 Å². The van der Waals surface area contributed by atoms with Gasteiger partial charge in [0.15, 0.2) is 0 Å². The maximum absolute atomic E-state index is 12.5. The van der Waals surface area contributed by atoms with Crippen molar-refractivity contribution in [3.63, 3.8) is 0 Å². The Hall–Kier alpha value is -2.10. The molecular formula is C19H19N3O3S3. The van der Waals surface area contributed by atoms with Crippen LogP contribution in [-0.4, -0.2) is 46.3 Å². The topological polar surface area (TPSA) is 79.4 Å². The minimum Gasteiger partial charge on any atom is -0.354 e. The second-order valence-corrected chi connectivity index (χ2v) is 9.09. The maximum atomic E-state index is 12.5. The summed E-state index contributed by atoms with van der Waals surface area (Å²) < 4.78 is 0.934. The van der Waals surface area contributed by atoms with Crippen molar-refractivity contribution in [1.29, 1.82) is 0 Å². The molecule has 0 bridgehead atoms. The van der Waals surface area contributed by atoms with E-state index in [1.807, 2.05) is 43.5 Å². The number of hydrogen-bond donors (Lipinski definition) is 1. The molecule has 1 aliphatic heterocycles. The summed E-state index contributed by atoms with van der Waals surface area (Å²) in [6, 6.07) is 9.38. The Morgan fingerprint density at radius 3 is 2.71 bits per heavy atom. The normalized spacial score (nSPS) is 15.5. The Balaban J connectivity index is 1.52. The van der Waals surface area contributed by atoms with Crippen LogP contribution in [0.4, 0.5) is 4.79 Å². The number of carbonyl (C=O) groups is 3. The molecule has 2 heterocycles. The quantitative estimate of drug-likeness (QED) is 0.531. The fraction of sp³-hybridized carbons (Fsp3) is 0.263. The van der Waals surface area contributed by atoms with Gasteiger partial charge in [0.1, 0.15) is 4.34 Å². The number of nitrogens with one attached hydrogen (secondary N) is 1. The molecule has 1 fully saturated rings. The second-order valence-electron chi connectivity index (χ2n) is 5.96. The number of nitrogens with zero attached hydrogens (tertiary/aromatic N) is 2. The van der Waals surface area contributed by atoms with Crippen LogP contribution >= 0.6 is 34.9 Å². The largest absolute Gasteiger partial charge is 0.354 e. The molecule has 9 heteroatoms. The molecule has 146 valence electrons. The van der Waals surface area contributed by atoms with Crippen molar-refractivity contribution in [1.82, 2.24) is 15.2 Å². The third-order valence-electron chi connectivity index (χ3n) is 4.00. The van der Waals surface area contributed by atoms with E-state index in [2.05, 4.69) is 10.3 Å². The first-order valence-electron chi connectivity index (χ1n) is 8.55. The summed E-state index contributed by atoms with van der Waals surface area (Å²) in [4.78, 5) is 43.6. The van der Waals surface area contributed by atoms with Crippen LogP contribution in [0.5, 0.6) is 0 Å². The van der Waals surface area contributed by atoms with Gasteiger partial charge < -0.3 is 5.32 Å². The molecule has 6 nitrogen and oxygen atoms in total. The van der Waals surface area contributed by atoms with Crippen molar-refractivity contribution < 1.29 is 14.4 Å². The summed E-state index contributed by atoms with van der Waals surface area (Å²) in [5.41, 5.74) is 1.73. The number of hydrogen-bond acceptors (Lipinski definition) is 7. The van der Waals surface area contributed by atoms with Crippen LogP contribution in [0.2, 0.25) is 0 Å². The number of rotatable bonds is 7. The Kier molecular flexibility index (Phi) is 6.93. The Bertz CT molecular complexity index is 925. The highest BCUT2D eigenvalue weighted by molar-refractivity contribution is 8.18. The van der Waals surface area contributed by atoms with Crippen LogP contribution in [0.1, 0.15) is 16.1 Å². The summed E-state index contributed by atoms with van der Waals surface area (Å²) in [5, 5.41) is 2.46. The molecule has 0 atom stereocenters. The summed E-state index contributed by atoms with van der Waals surface area (Å²) in [7, 11) is 0. The number of benzene rings is 1. The van der Waals surface area contributed by atoms with E-state index in [9.17, 15) is 14.4 Å². The van der Waals surface area contributed by atoms with E-state index < -0.39 is 0 Å². The van der Waals surface area contributed by atoms with Crippen LogP contribution in [-0.2, 0) is 16.0 Å². The van der Waals surface area contributed by atoms with Crippen molar-refractivity contribution in [2.75, 3.05) is 19.3 Å². The molecule has 28 heavy (non-hydrogen) atoms. The molecule has 1 saturated heterocycles. The first-order chi connectivity index (χ1) is 13.5. The van der Waals surface area contributed by atoms with Gasteiger partial charge in [0.2, 0.25) is 5.91 Å². The van der Waals surface area contributed by atoms with Crippen LogP contribution in [0, 0.1) is 6.92 Å². The van der Waals surface area contributed by atoms with Crippen LogP contribution in [0.25, 0.3) is 6.08 Å². The molecular weight excluding hydrogens is 414 g/mol. The zero-order chi connectivity index (χ0) is 20.1. The number of thioether (sulfide) groups is 2. The number of thiazole rings is 1. The summed E-state index contributed by atoms with van der Waals surface area (Å²) in [6.45, 7) is 2.27. The lowest BCUT2D eigenvalue weighted by Crippen LogP contribution is -2.37. The molecule has 3 amide bonds. The second kappa shape index (κ2) is 9.40. The predicted octanol–water partition coefficient (Wildman–Crippen LogP) is 3.57. The number of imide groups is 1. The third kappa shape index (κ3) is 5.03. The monoisotopic (exact) mass is 433 g/mol. The van der Waals surface area contributed by atoms with Crippen LogP contribution in [0.3, 0.4) is 0 Å². The lowest BCUT2D eigenvalue weighted by molar-refractivity contribution is -0.124. The molecule has 1 aromatic carbocycles. The maximum Gasteiger partial charge on any atom is 0.293 e. The molecule has 1 N–H and O–H groups in total. The molecule has 0 spiro atoms. The minimum absolute atomic E-state index is 0.147. The van der Waals surface area contributed by atoms with E-state index in [0.29, 0.717) is 4.91 Å². The SMILES string of the molecule is CSc1nc(C)c(CC(=O)NCCN2C(=O)S/C(=C\c3ccccc3)C2=O)s1. The zero-order valence-electron chi connectivity index (χ0n) is 15.4. The fourth-order valence-corrected chi connectivity index (χ4v) is 5.08. The third-order valence-corrected chi connectivity index (χ3v) is 7.05. The van der Waals surface area contributed by atoms with Crippen molar-refractivity contribution in [2.24, 2.45) is 0 Å². The minimum atomic E-state index is -0.323. The van der Waals surface area contributed by atoms with E-state index in [1.165, 1.54) is 16.2 Å². The van der Waals surface area contributed by atoms with Crippen molar-refractivity contribution in [3.8, 4) is 0 Å². The average molecular weight is 434 g/mol. The Morgan fingerprint density at radius 2 is 2.04 bits per heavy atom. The van der Waals surface area contributed by atoms with Gasteiger partial charge >= 0.3 is 0 Å². The molecule has 0 radical (unpaired) electrons. The van der Waals surface area contributed by atoms with E-state index in [1.54, 1.807) is 17.8 Å². The van der Waals surface area contributed by atoms with Gasteiger partial charge in [0, 0.05) is 18.0 Å². The smallest absolute Gasteiger partial charge is 0.293 e. The van der Waals surface area contributed by atoms with Crippen molar-refractivity contribution >= 4 is 58.0 Å². The van der Waals surface area contributed by atoms with Gasteiger partial charge in [-0.3, -0.25) is 19.3 Å². The Morgan fingerprint density at radius 1 is 1.29 bits per heavy atom. The number of carbonyl (C=O) groups excluding carboxylic acids is 3. The standard InChI is InChI=1S/C19H19N3O3S3/c1-12-14(27-18(21-12)26-2)11-16(23)20-8-9-22-17(24)15(28-19(22)25)10-13-6-4-3-5-7-13/h3-7,10H,8-9,11H2,1-2H3,(H,20,23)/b15-10-. The van der Waals surface area contributed by atoms with Gasteiger partial charge in [-0.05, 0) is 36.6 Å². The fourth-order valence-electron chi connectivity index (χ4n) is 2.56. The van der Waals surface area contributed by atoms with Crippen LogP contribution < -0.4 is 5.32 Å². The van der Waals surface area contributed by atoms with Crippen LogP contribution in [0.15, 0.2) is 39.6 Å². The number of aromatic nitrogens is 1. The molecule has 0 aliphatic carbocycles. The van der Waals surface area contributed by atoms with Gasteiger partial charge in [0.05, 0.1) is 17.0 Å². The zero-order valence-corrected chi connectivity index (χ0v) is 17.9. The summed E-state index contributed by atoms with van der Waals surface area (Å²) in [6.07, 6.45) is 3.91. The van der Waals surface area contributed by atoms with E-state index in [0.717, 1.165) is 32.2 Å². The van der Waals surface area contributed by atoms with Gasteiger partial charge in [0.25, 0.3) is 11.1 Å².